The number of methoxy groups -OCH3 is 1. The molecule has 0 amide bonds. The topological polar surface area (TPSA) is 61.5 Å². The molecule has 0 aliphatic heterocycles. The number of benzene rings is 1. The lowest BCUT2D eigenvalue weighted by atomic mass is 10.0. The average molecular weight is 237 g/mol. The van der Waals surface area contributed by atoms with Gasteiger partial charge in [0.1, 0.15) is 5.75 Å². The fourth-order valence-corrected chi connectivity index (χ4v) is 1.47. The van der Waals surface area contributed by atoms with Crippen molar-refractivity contribution in [1.29, 1.82) is 0 Å². The maximum Gasteiger partial charge on any atom is 0.179 e. The summed E-state index contributed by atoms with van der Waals surface area (Å²) in [6, 6.07) is 6.52. The molecule has 0 aliphatic rings. The van der Waals surface area contributed by atoms with Crippen molar-refractivity contribution in [1.82, 2.24) is 0 Å². The molecule has 0 radical (unpaired) electrons. The third kappa shape index (κ3) is 4.17. The number of rotatable bonds is 7. The standard InChI is InChI=1S/C13H19NO3/c1-3-17-11-6-4-10(5-7-11)13(15)12(14)8-9-16-2/h4-7,12H,3,8-9,14H2,1-2H3. The third-order valence-corrected chi connectivity index (χ3v) is 2.42. The van der Waals surface area contributed by atoms with Crippen LogP contribution in [0.3, 0.4) is 0 Å². The Morgan fingerprint density at radius 1 is 1.35 bits per heavy atom. The second-order valence-corrected chi connectivity index (χ2v) is 3.71. The van der Waals surface area contributed by atoms with Gasteiger partial charge < -0.3 is 15.2 Å². The molecule has 0 aliphatic carbocycles. The number of Topliss-reactive ketones (excluding diaryl/α,β-unsaturated/α-hetero) is 1. The normalized spacial score (nSPS) is 12.2. The van der Waals surface area contributed by atoms with Crippen LogP contribution in [0.1, 0.15) is 23.7 Å². The highest BCUT2D eigenvalue weighted by Gasteiger charge is 2.15. The van der Waals surface area contributed by atoms with E-state index in [1.807, 2.05) is 6.92 Å². The zero-order valence-corrected chi connectivity index (χ0v) is 10.3. The van der Waals surface area contributed by atoms with Gasteiger partial charge in [-0.05, 0) is 37.6 Å². The predicted octanol–water partition coefficient (Wildman–Crippen LogP) is 1.63. The second-order valence-electron chi connectivity index (χ2n) is 3.71. The van der Waals surface area contributed by atoms with E-state index in [1.165, 1.54) is 0 Å². The van der Waals surface area contributed by atoms with Gasteiger partial charge in [0.05, 0.1) is 12.6 Å². The second kappa shape index (κ2) is 7.04. The SMILES string of the molecule is CCOc1ccc(C(=O)C(N)CCOC)cc1. The summed E-state index contributed by atoms with van der Waals surface area (Å²) in [6.45, 7) is 3.02. The van der Waals surface area contributed by atoms with E-state index in [4.69, 9.17) is 15.2 Å². The number of nitrogens with two attached hydrogens (primary N) is 1. The summed E-state index contributed by atoms with van der Waals surface area (Å²) < 4.78 is 10.2. The van der Waals surface area contributed by atoms with Crippen molar-refractivity contribution < 1.29 is 14.3 Å². The average Bonchev–Trinajstić information content (AvgIpc) is 2.36. The Balaban J connectivity index is 2.62. The predicted molar refractivity (Wildman–Crippen MR) is 66.4 cm³/mol. The van der Waals surface area contributed by atoms with E-state index in [0.29, 0.717) is 25.2 Å². The first kappa shape index (κ1) is 13.7. The molecule has 2 N–H and O–H groups in total. The summed E-state index contributed by atoms with van der Waals surface area (Å²) in [6.07, 6.45) is 0.530. The molecule has 0 fully saturated rings. The highest BCUT2D eigenvalue weighted by molar-refractivity contribution is 6.00. The minimum Gasteiger partial charge on any atom is -0.494 e. The summed E-state index contributed by atoms with van der Waals surface area (Å²) in [4.78, 5) is 11.9. The smallest absolute Gasteiger partial charge is 0.179 e. The van der Waals surface area contributed by atoms with Crippen LogP contribution in [0.5, 0.6) is 5.75 Å². The van der Waals surface area contributed by atoms with Crippen LogP contribution in [0.2, 0.25) is 0 Å². The molecule has 1 atom stereocenters. The van der Waals surface area contributed by atoms with Crippen LogP contribution >= 0.6 is 0 Å². The first-order valence-corrected chi connectivity index (χ1v) is 5.70. The van der Waals surface area contributed by atoms with Gasteiger partial charge in [-0.2, -0.15) is 0 Å². The van der Waals surface area contributed by atoms with Gasteiger partial charge in [-0.25, -0.2) is 0 Å². The van der Waals surface area contributed by atoms with E-state index in [1.54, 1.807) is 31.4 Å². The molecule has 4 heteroatoms. The molecule has 0 saturated carbocycles. The molecule has 1 aromatic carbocycles. The number of carbonyl (C=O) groups excluding carboxylic acids is 1. The molecule has 1 unspecified atom stereocenters. The molecule has 0 heterocycles. The number of ketones is 1. The Kier molecular flexibility index (Phi) is 5.66. The van der Waals surface area contributed by atoms with Crippen molar-refractivity contribution in [2.24, 2.45) is 5.73 Å². The van der Waals surface area contributed by atoms with Gasteiger partial charge in [0.2, 0.25) is 0 Å². The van der Waals surface area contributed by atoms with Crippen molar-refractivity contribution in [3.8, 4) is 5.75 Å². The monoisotopic (exact) mass is 237 g/mol. The summed E-state index contributed by atoms with van der Waals surface area (Å²) in [5.41, 5.74) is 6.38. The highest BCUT2D eigenvalue weighted by Crippen LogP contribution is 2.13. The van der Waals surface area contributed by atoms with Gasteiger partial charge in [-0.15, -0.1) is 0 Å². The highest BCUT2D eigenvalue weighted by atomic mass is 16.5. The fourth-order valence-electron chi connectivity index (χ4n) is 1.47. The fraction of sp³-hybridized carbons (Fsp3) is 0.462. The van der Waals surface area contributed by atoms with Crippen LogP contribution in [0, 0.1) is 0 Å². The molecule has 0 aromatic heterocycles. The van der Waals surface area contributed by atoms with Crippen LogP contribution in [-0.2, 0) is 4.74 Å². The molecule has 0 spiro atoms. The molecule has 0 bridgehead atoms. The summed E-state index contributed by atoms with van der Waals surface area (Å²) in [5.74, 6) is 0.694. The van der Waals surface area contributed by atoms with Crippen LogP contribution in [-0.4, -0.2) is 32.1 Å². The van der Waals surface area contributed by atoms with Crippen molar-refractivity contribution >= 4 is 5.78 Å². The Hall–Kier alpha value is -1.39. The van der Waals surface area contributed by atoms with Crippen molar-refractivity contribution in [3.63, 3.8) is 0 Å². The van der Waals surface area contributed by atoms with Gasteiger partial charge in [0.15, 0.2) is 5.78 Å². The number of hydrogen-bond donors (Lipinski definition) is 1. The molecule has 0 saturated heterocycles. The minimum absolute atomic E-state index is 0.0647. The van der Waals surface area contributed by atoms with Crippen molar-refractivity contribution in [3.05, 3.63) is 29.8 Å². The van der Waals surface area contributed by atoms with E-state index in [2.05, 4.69) is 0 Å². The summed E-state index contributed by atoms with van der Waals surface area (Å²) in [5, 5.41) is 0. The Morgan fingerprint density at radius 2 is 2.00 bits per heavy atom. The Morgan fingerprint density at radius 3 is 2.53 bits per heavy atom. The van der Waals surface area contributed by atoms with E-state index in [0.717, 1.165) is 5.75 Å². The molecule has 4 nitrogen and oxygen atoms in total. The van der Waals surface area contributed by atoms with Gasteiger partial charge in [0.25, 0.3) is 0 Å². The molecule has 94 valence electrons. The quantitative estimate of drug-likeness (QED) is 0.732. The molecule has 17 heavy (non-hydrogen) atoms. The van der Waals surface area contributed by atoms with Crippen molar-refractivity contribution in [2.45, 2.75) is 19.4 Å². The summed E-state index contributed by atoms with van der Waals surface area (Å²) in [7, 11) is 1.59. The molecular formula is C13H19NO3. The third-order valence-electron chi connectivity index (χ3n) is 2.42. The van der Waals surface area contributed by atoms with Crippen LogP contribution in [0.15, 0.2) is 24.3 Å². The first-order valence-electron chi connectivity index (χ1n) is 5.70. The molecule has 1 aromatic rings. The van der Waals surface area contributed by atoms with E-state index < -0.39 is 6.04 Å². The van der Waals surface area contributed by atoms with Gasteiger partial charge >= 0.3 is 0 Å². The molecule has 1 rings (SSSR count). The zero-order valence-electron chi connectivity index (χ0n) is 10.3. The maximum atomic E-state index is 11.9. The lowest BCUT2D eigenvalue weighted by Gasteiger charge is -2.10. The van der Waals surface area contributed by atoms with Crippen LogP contribution in [0.25, 0.3) is 0 Å². The molecular weight excluding hydrogens is 218 g/mol. The number of carbonyl (C=O) groups is 1. The van der Waals surface area contributed by atoms with E-state index >= 15 is 0 Å². The van der Waals surface area contributed by atoms with Gasteiger partial charge in [-0.3, -0.25) is 4.79 Å². The van der Waals surface area contributed by atoms with E-state index in [9.17, 15) is 4.79 Å². The van der Waals surface area contributed by atoms with E-state index in [-0.39, 0.29) is 5.78 Å². The lowest BCUT2D eigenvalue weighted by Crippen LogP contribution is -2.31. The maximum absolute atomic E-state index is 11.9. The minimum atomic E-state index is -0.507. The van der Waals surface area contributed by atoms with Crippen molar-refractivity contribution in [2.75, 3.05) is 20.3 Å². The number of ether oxygens (including phenoxy) is 2. The largest absolute Gasteiger partial charge is 0.494 e. The van der Waals surface area contributed by atoms with Crippen LogP contribution < -0.4 is 10.5 Å². The lowest BCUT2D eigenvalue weighted by molar-refractivity contribution is 0.0935. The first-order chi connectivity index (χ1) is 8.19. The van der Waals surface area contributed by atoms with Crippen LogP contribution in [0.4, 0.5) is 0 Å². The number of hydrogen-bond acceptors (Lipinski definition) is 4. The summed E-state index contributed by atoms with van der Waals surface area (Å²) >= 11 is 0. The Labute approximate surface area is 102 Å². The van der Waals surface area contributed by atoms with Gasteiger partial charge in [0, 0.05) is 19.3 Å². The zero-order chi connectivity index (χ0) is 12.7. The van der Waals surface area contributed by atoms with Gasteiger partial charge in [-0.1, -0.05) is 0 Å². The Bertz CT molecular complexity index is 348.